The highest BCUT2D eigenvalue weighted by Crippen LogP contribution is 2.23. The minimum absolute atomic E-state index is 0.642. The largest absolute Gasteiger partial charge is 0.494 e. The zero-order valence-corrected chi connectivity index (χ0v) is 10.9. The van der Waals surface area contributed by atoms with E-state index < -0.39 is 0 Å². The molecule has 0 aliphatic rings. The summed E-state index contributed by atoms with van der Waals surface area (Å²) in [6.45, 7) is 4.68. The number of ether oxygens (including phenoxy) is 1. The molecule has 90 valence electrons. The van der Waals surface area contributed by atoms with E-state index in [-0.39, 0.29) is 0 Å². The molecule has 0 aliphatic heterocycles. The third-order valence-electron chi connectivity index (χ3n) is 2.51. The lowest BCUT2D eigenvalue weighted by Gasteiger charge is -2.04. The molecule has 1 aromatic carbocycles. The maximum absolute atomic E-state index is 5.68. The molecule has 0 atom stereocenters. The van der Waals surface area contributed by atoms with Gasteiger partial charge >= 0.3 is 0 Å². The van der Waals surface area contributed by atoms with Crippen LogP contribution in [-0.2, 0) is 6.42 Å². The van der Waals surface area contributed by atoms with E-state index in [1.807, 2.05) is 26.0 Å². The summed E-state index contributed by atoms with van der Waals surface area (Å²) < 4.78 is 5.41. The quantitative estimate of drug-likeness (QED) is 0.904. The first-order valence-corrected chi connectivity index (χ1v) is 6.44. The van der Waals surface area contributed by atoms with Gasteiger partial charge in [0.15, 0.2) is 5.13 Å². The van der Waals surface area contributed by atoms with Crippen molar-refractivity contribution in [2.24, 2.45) is 0 Å². The monoisotopic (exact) mass is 248 g/mol. The second kappa shape index (κ2) is 5.19. The first-order valence-electron chi connectivity index (χ1n) is 5.62. The number of aromatic nitrogens is 1. The lowest BCUT2D eigenvalue weighted by atomic mass is 10.1. The van der Waals surface area contributed by atoms with Crippen LogP contribution in [0.1, 0.15) is 23.1 Å². The molecule has 0 amide bonds. The first-order chi connectivity index (χ1) is 8.19. The number of nitrogen functional groups attached to an aromatic ring is 1. The Morgan fingerprint density at radius 3 is 2.53 bits per heavy atom. The highest BCUT2D eigenvalue weighted by atomic mass is 32.1. The van der Waals surface area contributed by atoms with Gasteiger partial charge in [0.05, 0.1) is 12.3 Å². The van der Waals surface area contributed by atoms with Crippen LogP contribution in [0.25, 0.3) is 0 Å². The standard InChI is InChI=1S/C13H16N2OS/c1-3-16-11-6-4-10(5-7-11)8-12-9(2)15-13(14)17-12/h4-7H,3,8H2,1-2H3,(H2,14,15). The lowest BCUT2D eigenvalue weighted by molar-refractivity contribution is 0.340. The van der Waals surface area contributed by atoms with Gasteiger partial charge in [0.25, 0.3) is 0 Å². The Kier molecular flexibility index (Phi) is 3.64. The highest BCUT2D eigenvalue weighted by Gasteiger charge is 2.06. The lowest BCUT2D eigenvalue weighted by Crippen LogP contribution is -1.92. The van der Waals surface area contributed by atoms with E-state index in [4.69, 9.17) is 10.5 Å². The van der Waals surface area contributed by atoms with E-state index in [2.05, 4.69) is 17.1 Å². The van der Waals surface area contributed by atoms with Crippen LogP contribution < -0.4 is 10.5 Å². The number of hydrogen-bond acceptors (Lipinski definition) is 4. The van der Waals surface area contributed by atoms with Gasteiger partial charge in [0.1, 0.15) is 5.75 Å². The van der Waals surface area contributed by atoms with Gasteiger partial charge in [-0.2, -0.15) is 0 Å². The summed E-state index contributed by atoms with van der Waals surface area (Å²) in [5.41, 5.74) is 7.96. The van der Waals surface area contributed by atoms with Crippen LogP contribution in [0, 0.1) is 6.92 Å². The SMILES string of the molecule is CCOc1ccc(Cc2sc(N)nc2C)cc1. The molecule has 0 saturated heterocycles. The molecular formula is C13H16N2OS. The number of aryl methyl sites for hydroxylation is 1. The van der Waals surface area contributed by atoms with Gasteiger partial charge in [-0.15, -0.1) is 11.3 Å². The number of anilines is 1. The molecule has 0 fully saturated rings. The second-order valence-electron chi connectivity index (χ2n) is 3.81. The predicted molar refractivity (Wildman–Crippen MR) is 71.7 cm³/mol. The van der Waals surface area contributed by atoms with Crippen LogP contribution in [0.5, 0.6) is 5.75 Å². The van der Waals surface area contributed by atoms with E-state index in [0.29, 0.717) is 11.7 Å². The molecule has 3 nitrogen and oxygen atoms in total. The minimum atomic E-state index is 0.642. The summed E-state index contributed by atoms with van der Waals surface area (Å²) in [6.07, 6.45) is 0.882. The zero-order valence-electron chi connectivity index (χ0n) is 10.1. The van der Waals surface area contributed by atoms with Crippen molar-refractivity contribution >= 4 is 16.5 Å². The average Bonchev–Trinajstić information content (AvgIpc) is 2.61. The third kappa shape index (κ3) is 2.97. The number of rotatable bonds is 4. The molecule has 1 aromatic heterocycles. The normalized spacial score (nSPS) is 10.5. The molecule has 0 spiro atoms. The van der Waals surface area contributed by atoms with Crippen LogP contribution in [0.2, 0.25) is 0 Å². The molecule has 2 rings (SSSR count). The topological polar surface area (TPSA) is 48.1 Å². The average molecular weight is 248 g/mol. The fourth-order valence-electron chi connectivity index (χ4n) is 1.67. The molecule has 0 radical (unpaired) electrons. The molecule has 1 heterocycles. The molecule has 0 aliphatic carbocycles. The van der Waals surface area contributed by atoms with Gasteiger partial charge in [-0.3, -0.25) is 0 Å². The summed E-state index contributed by atoms with van der Waals surface area (Å²) in [6, 6.07) is 8.16. The van der Waals surface area contributed by atoms with Gasteiger partial charge in [-0.1, -0.05) is 12.1 Å². The first kappa shape index (κ1) is 11.9. The highest BCUT2D eigenvalue weighted by molar-refractivity contribution is 7.15. The van der Waals surface area contributed by atoms with E-state index in [9.17, 15) is 0 Å². The Morgan fingerprint density at radius 2 is 2.00 bits per heavy atom. The van der Waals surface area contributed by atoms with Gasteiger partial charge in [0.2, 0.25) is 0 Å². The molecule has 0 bridgehead atoms. The second-order valence-corrected chi connectivity index (χ2v) is 4.93. The Labute approximate surface area is 105 Å². The number of thiazole rings is 1. The molecule has 4 heteroatoms. The van der Waals surface area contributed by atoms with Crippen LogP contribution in [0.3, 0.4) is 0 Å². The number of nitrogens with zero attached hydrogens (tertiary/aromatic N) is 1. The van der Waals surface area contributed by atoms with Crippen molar-refractivity contribution in [2.45, 2.75) is 20.3 Å². The van der Waals surface area contributed by atoms with Gasteiger partial charge < -0.3 is 10.5 Å². The van der Waals surface area contributed by atoms with Crippen molar-refractivity contribution in [1.29, 1.82) is 0 Å². The number of hydrogen-bond donors (Lipinski definition) is 1. The fourth-order valence-corrected chi connectivity index (χ4v) is 2.54. The zero-order chi connectivity index (χ0) is 12.3. The van der Waals surface area contributed by atoms with E-state index >= 15 is 0 Å². The van der Waals surface area contributed by atoms with Crippen molar-refractivity contribution in [3.05, 3.63) is 40.4 Å². The van der Waals surface area contributed by atoms with Crippen molar-refractivity contribution in [2.75, 3.05) is 12.3 Å². The van der Waals surface area contributed by atoms with E-state index in [1.54, 1.807) is 11.3 Å². The van der Waals surface area contributed by atoms with Crippen LogP contribution in [0.15, 0.2) is 24.3 Å². The number of nitrogens with two attached hydrogens (primary N) is 1. The summed E-state index contributed by atoms with van der Waals surface area (Å²) in [4.78, 5) is 5.45. The van der Waals surface area contributed by atoms with Crippen LogP contribution in [-0.4, -0.2) is 11.6 Å². The summed E-state index contributed by atoms with van der Waals surface area (Å²) in [5.74, 6) is 0.914. The van der Waals surface area contributed by atoms with Crippen molar-refractivity contribution in [3.8, 4) is 5.75 Å². The Hall–Kier alpha value is -1.55. The van der Waals surface area contributed by atoms with Crippen molar-refractivity contribution in [3.63, 3.8) is 0 Å². The van der Waals surface area contributed by atoms with Crippen LogP contribution >= 0.6 is 11.3 Å². The summed E-state index contributed by atoms with van der Waals surface area (Å²) >= 11 is 1.56. The Morgan fingerprint density at radius 1 is 1.29 bits per heavy atom. The molecule has 0 unspecified atom stereocenters. The van der Waals surface area contributed by atoms with E-state index in [0.717, 1.165) is 17.9 Å². The summed E-state index contributed by atoms with van der Waals surface area (Å²) in [7, 11) is 0. The molecule has 17 heavy (non-hydrogen) atoms. The van der Waals surface area contributed by atoms with Gasteiger partial charge in [-0.25, -0.2) is 4.98 Å². The fraction of sp³-hybridized carbons (Fsp3) is 0.308. The van der Waals surface area contributed by atoms with Gasteiger partial charge in [0, 0.05) is 11.3 Å². The Bertz CT molecular complexity index is 491. The van der Waals surface area contributed by atoms with E-state index in [1.165, 1.54) is 10.4 Å². The summed E-state index contributed by atoms with van der Waals surface area (Å²) in [5, 5.41) is 0.642. The predicted octanol–water partition coefficient (Wildman–Crippen LogP) is 3.02. The van der Waals surface area contributed by atoms with Crippen LogP contribution in [0.4, 0.5) is 5.13 Å². The molecule has 0 saturated carbocycles. The number of benzene rings is 1. The Balaban J connectivity index is 2.11. The maximum atomic E-state index is 5.68. The smallest absolute Gasteiger partial charge is 0.180 e. The van der Waals surface area contributed by atoms with Gasteiger partial charge in [-0.05, 0) is 31.5 Å². The third-order valence-corrected chi connectivity index (χ3v) is 3.49. The molecular weight excluding hydrogens is 232 g/mol. The van der Waals surface area contributed by atoms with Crippen molar-refractivity contribution < 1.29 is 4.74 Å². The van der Waals surface area contributed by atoms with Crippen molar-refractivity contribution in [1.82, 2.24) is 4.98 Å². The minimum Gasteiger partial charge on any atom is -0.494 e. The molecule has 2 aromatic rings. The maximum Gasteiger partial charge on any atom is 0.180 e. The molecule has 2 N–H and O–H groups in total.